The Balaban J connectivity index is 2.11. The molecular formula is C12H17N3O3S2. The highest BCUT2D eigenvalue weighted by Gasteiger charge is 2.27. The molecular weight excluding hydrogens is 298 g/mol. The minimum atomic E-state index is -3.59. The summed E-state index contributed by atoms with van der Waals surface area (Å²) < 4.78 is 28.4. The van der Waals surface area contributed by atoms with Crippen LogP contribution in [0.25, 0.3) is 0 Å². The minimum absolute atomic E-state index is 0.113. The van der Waals surface area contributed by atoms with Crippen molar-refractivity contribution in [1.29, 1.82) is 0 Å². The molecule has 0 aliphatic rings. The Morgan fingerprint density at radius 1 is 1.50 bits per heavy atom. The van der Waals surface area contributed by atoms with Crippen LogP contribution in [0.1, 0.15) is 17.4 Å². The molecule has 0 fully saturated rings. The van der Waals surface area contributed by atoms with Gasteiger partial charge in [-0.1, -0.05) is 0 Å². The molecule has 0 amide bonds. The van der Waals surface area contributed by atoms with Crippen molar-refractivity contribution in [1.82, 2.24) is 14.5 Å². The zero-order chi connectivity index (χ0) is 15.0. The number of rotatable bonds is 5. The molecule has 2 aromatic rings. The number of aryl methyl sites for hydroxylation is 2. The number of aromatic nitrogens is 2. The maximum absolute atomic E-state index is 12.1. The second-order valence-electron chi connectivity index (χ2n) is 4.87. The predicted molar refractivity (Wildman–Crippen MR) is 77.0 cm³/mol. The van der Waals surface area contributed by atoms with Gasteiger partial charge >= 0.3 is 0 Å². The van der Waals surface area contributed by atoms with Gasteiger partial charge in [-0.3, -0.25) is 4.68 Å². The Bertz CT molecular complexity index is 701. The van der Waals surface area contributed by atoms with E-state index in [0.29, 0.717) is 5.56 Å². The average molecular weight is 315 g/mol. The third-order valence-corrected chi connectivity index (χ3v) is 5.81. The van der Waals surface area contributed by atoms with E-state index in [4.69, 9.17) is 0 Å². The van der Waals surface area contributed by atoms with Crippen LogP contribution >= 0.6 is 11.3 Å². The van der Waals surface area contributed by atoms with Gasteiger partial charge in [0.25, 0.3) is 0 Å². The Labute approximate surface area is 122 Å². The molecule has 0 aliphatic carbocycles. The lowest BCUT2D eigenvalue weighted by molar-refractivity contribution is 0.0627. The van der Waals surface area contributed by atoms with Gasteiger partial charge in [0.2, 0.25) is 10.0 Å². The maximum atomic E-state index is 12.1. The largest absolute Gasteiger partial charge is 0.384 e. The lowest BCUT2D eigenvalue weighted by Crippen LogP contribution is -2.38. The van der Waals surface area contributed by atoms with Crippen molar-refractivity contribution in [3.63, 3.8) is 0 Å². The fourth-order valence-corrected chi connectivity index (χ4v) is 4.12. The highest BCUT2D eigenvalue weighted by Crippen LogP contribution is 2.23. The summed E-state index contributed by atoms with van der Waals surface area (Å²) in [4.78, 5) is 0.921. The van der Waals surface area contributed by atoms with E-state index >= 15 is 0 Å². The quantitative estimate of drug-likeness (QED) is 0.861. The second-order valence-corrected chi connectivity index (χ2v) is 8.15. The van der Waals surface area contributed by atoms with Gasteiger partial charge in [0.1, 0.15) is 9.81 Å². The fraction of sp³-hybridized carbons (Fsp3) is 0.417. The van der Waals surface area contributed by atoms with E-state index in [1.165, 1.54) is 17.5 Å². The Morgan fingerprint density at radius 3 is 2.70 bits per heavy atom. The van der Waals surface area contributed by atoms with E-state index in [1.807, 2.05) is 6.92 Å². The first kappa shape index (κ1) is 15.2. The smallest absolute Gasteiger partial charge is 0.250 e. The third-order valence-electron chi connectivity index (χ3n) is 2.91. The summed E-state index contributed by atoms with van der Waals surface area (Å²) in [6.45, 7) is 3.28. The third kappa shape index (κ3) is 3.26. The summed E-state index contributed by atoms with van der Waals surface area (Å²) in [5.41, 5.74) is -0.752. The summed E-state index contributed by atoms with van der Waals surface area (Å²) in [7, 11) is -1.86. The standard InChI is InChI=1S/C12H17N3O3S2/c1-9-4-5-11(19-9)20(17,18)14-8-12(2,16)10-6-13-15(3)7-10/h4-7,14,16H,8H2,1-3H3. The predicted octanol–water partition coefficient (Wildman–Crippen LogP) is 0.976. The van der Waals surface area contributed by atoms with E-state index in [0.717, 1.165) is 4.88 Å². The van der Waals surface area contributed by atoms with Crippen molar-refractivity contribution in [2.75, 3.05) is 6.54 Å². The number of nitrogens with one attached hydrogen (secondary N) is 1. The van der Waals surface area contributed by atoms with E-state index in [1.54, 1.807) is 37.0 Å². The Hall–Kier alpha value is -1.22. The number of hydrogen-bond acceptors (Lipinski definition) is 5. The van der Waals surface area contributed by atoms with E-state index in [-0.39, 0.29) is 10.8 Å². The molecule has 0 saturated heterocycles. The summed E-state index contributed by atoms with van der Waals surface area (Å²) in [5, 5.41) is 14.3. The van der Waals surface area contributed by atoms with Crippen LogP contribution in [0.5, 0.6) is 0 Å². The fourth-order valence-electron chi connectivity index (χ4n) is 1.66. The second kappa shape index (κ2) is 5.28. The molecule has 2 N–H and O–H groups in total. The zero-order valence-corrected chi connectivity index (χ0v) is 13.1. The molecule has 8 heteroatoms. The molecule has 2 rings (SSSR count). The molecule has 0 radical (unpaired) electrons. The van der Waals surface area contributed by atoms with E-state index in [9.17, 15) is 13.5 Å². The zero-order valence-electron chi connectivity index (χ0n) is 11.5. The molecule has 0 aliphatic heterocycles. The van der Waals surface area contributed by atoms with Gasteiger partial charge in [-0.05, 0) is 26.0 Å². The van der Waals surface area contributed by atoms with Crippen molar-refractivity contribution in [2.24, 2.45) is 7.05 Å². The molecule has 0 saturated carbocycles. The molecule has 110 valence electrons. The molecule has 2 aromatic heterocycles. The van der Waals surface area contributed by atoms with Gasteiger partial charge < -0.3 is 5.11 Å². The lowest BCUT2D eigenvalue weighted by atomic mass is 10.0. The molecule has 1 unspecified atom stereocenters. The number of sulfonamides is 1. The summed E-state index contributed by atoms with van der Waals surface area (Å²) in [6, 6.07) is 3.31. The highest BCUT2D eigenvalue weighted by molar-refractivity contribution is 7.91. The average Bonchev–Trinajstić information content (AvgIpc) is 2.96. The van der Waals surface area contributed by atoms with Crippen molar-refractivity contribution in [3.05, 3.63) is 35.0 Å². The molecule has 0 spiro atoms. The SMILES string of the molecule is Cc1ccc(S(=O)(=O)NCC(C)(O)c2cnn(C)c2)s1. The molecule has 20 heavy (non-hydrogen) atoms. The van der Waals surface area contributed by atoms with Crippen LogP contribution < -0.4 is 4.72 Å². The van der Waals surface area contributed by atoms with Gasteiger partial charge in [-0.15, -0.1) is 11.3 Å². The topological polar surface area (TPSA) is 84.2 Å². The number of thiophene rings is 1. The van der Waals surface area contributed by atoms with Gasteiger partial charge in [0.15, 0.2) is 0 Å². The van der Waals surface area contributed by atoms with Crippen LogP contribution in [0.2, 0.25) is 0 Å². The first-order valence-corrected chi connectivity index (χ1v) is 8.28. The molecule has 0 aromatic carbocycles. The minimum Gasteiger partial charge on any atom is -0.384 e. The van der Waals surface area contributed by atoms with Crippen LogP contribution in [0.4, 0.5) is 0 Å². The normalized spacial score (nSPS) is 15.2. The summed E-state index contributed by atoms with van der Waals surface area (Å²) >= 11 is 1.20. The van der Waals surface area contributed by atoms with Gasteiger partial charge in [0.05, 0.1) is 6.20 Å². The maximum Gasteiger partial charge on any atom is 0.250 e. The van der Waals surface area contributed by atoms with Crippen LogP contribution in [0, 0.1) is 6.92 Å². The van der Waals surface area contributed by atoms with Gasteiger partial charge in [-0.2, -0.15) is 5.10 Å². The first-order chi connectivity index (χ1) is 9.21. The monoisotopic (exact) mass is 315 g/mol. The Morgan fingerprint density at radius 2 is 2.20 bits per heavy atom. The summed E-state index contributed by atoms with van der Waals surface area (Å²) in [5.74, 6) is 0. The van der Waals surface area contributed by atoms with Crippen LogP contribution in [-0.2, 0) is 22.7 Å². The number of hydrogen-bond donors (Lipinski definition) is 2. The van der Waals surface area contributed by atoms with Crippen LogP contribution in [0.3, 0.4) is 0 Å². The lowest BCUT2D eigenvalue weighted by Gasteiger charge is -2.21. The van der Waals surface area contributed by atoms with Gasteiger partial charge in [-0.25, -0.2) is 13.1 Å². The van der Waals surface area contributed by atoms with E-state index < -0.39 is 15.6 Å². The molecule has 2 heterocycles. The molecule has 0 bridgehead atoms. The van der Waals surface area contributed by atoms with Crippen molar-refractivity contribution in [2.45, 2.75) is 23.7 Å². The van der Waals surface area contributed by atoms with Crippen molar-refractivity contribution in [3.8, 4) is 0 Å². The van der Waals surface area contributed by atoms with Crippen molar-refractivity contribution >= 4 is 21.4 Å². The Kier molecular flexibility index (Phi) is 4.01. The molecule has 6 nitrogen and oxygen atoms in total. The van der Waals surface area contributed by atoms with Gasteiger partial charge in [0, 0.05) is 30.2 Å². The number of aliphatic hydroxyl groups is 1. The summed E-state index contributed by atoms with van der Waals surface area (Å²) in [6.07, 6.45) is 3.17. The van der Waals surface area contributed by atoms with E-state index in [2.05, 4.69) is 9.82 Å². The number of nitrogens with zero attached hydrogens (tertiary/aromatic N) is 2. The van der Waals surface area contributed by atoms with Crippen molar-refractivity contribution < 1.29 is 13.5 Å². The van der Waals surface area contributed by atoms with Crippen LogP contribution in [-0.4, -0.2) is 29.8 Å². The van der Waals surface area contributed by atoms with Crippen LogP contribution in [0.15, 0.2) is 28.7 Å². The molecule has 1 atom stereocenters. The first-order valence-electron chi connectivity index (χ1n) is 5.98. The highest BCUT2D eigenvalue weighted by atomic mass is 32.2.